The number of morpholine rings is 1. The predicted molar refractivity (Wildman–Crippen MR) is 118 cm³/mol. The van der Waals surface area contributed by atoms with Gasteiger partial charge < -0.3 is 14.5 Å². The van der Waals surface area contributed by atoms with Crippen molar-refractivity contribution < 1.29 is 4.74 Å². The summed E-state index contributed by atoms with van der Waals surface area (Å²) < 4.78 is 5.45. The minimum absolute atomic E-state index is 0.473. The number of piperidine rings is 1. The molecular formula is C23H31N5O. The fourth-order valence-corrected chi connectivity index (χ4v) is 4.05. The van der Waals surface area contributed by atoms with Gasteiger partial charge in [0.2, 0.25) is 5.95 Å². The van der Waals surface area contributed by atoms with Crippen LogP contribution in [0.3, 0.4) is 0 Å². The van der Waals surface area contributed by atoms with Gasteiger partial charge in [-0.2, -0.15) is 4.98 Å². The summed E-state index contributed by atoms with van der Waals surface area (Å²) in [6.45, 7) is 6.42. The number of likely N-dealkylation sites (N-methyl/N-ethyl adjacent to an activating group) is 1. The molecule has 29 heavy (non-hydrogen) atoms. The van der Waals surface area contributed by atoms with E-state index in [4.69, 9.17) is 9.72 Å². The normalized spacial score (nSPS) is 20.9. The third-order valence-corrected chi connectivity index (χ3v) is 5.79. The lowest BCUT2D eigenvalue weighted by atomic mass is 10.0. The molecular weight excluding hydrogens is 362 g/mol. The van der Waals surface area contributed by atoms with E-state index in [0.29, 0.717) is 6.04 Å². The van der Waals surface area contributed by atoms with E-state index in [0.717, 1.165) is 57.7 Å². The first-order chi connectivity index (χ1) is 14.3. The van der Waals surface area contributed by atoms with Crippen LogP contribution < -0.4 is 9.80 Å². The molecule has 0 spiro atoms. The van der Waals surface area contributed by atoms with Crippen molar-refractivity contribution in [2.45, 2.75) is 18.9 Å². The summed E-state index contributed by atoms with van der Waals surface area (Å²) in [6.07, 6.45) is 8.79. The van der Waals surface area contributed by atoms with Crippen molar-refractivity contribution in [2.75, 3.05) is 62.8 Å². The van der Waals surface area contributed by atoms with Crippen molar-refractivity contribution in [3.8, 4) is 0 Å². The van der Waals surface area contributed by atoms with Gasteiger partial charge in [0, 0.05) is 45.5 Å². The van der Waals surface area contributed by atoms with Crippen LogP contribution in [0.15, 0.2) is 48.7 Å². The highest BCUT2D eigenvalue weighted by molar-refractivity contribution is 5.49. The molecule has 2 fully saturated rings. The fraction of sp³-hybridized carbons (Fsp3) is 0.478. The molecule has 0 bridgehead atoms. The van der Waals surface area contributed by atoms with E-state index in [2.05, 4.69) is 69.2 Å². The Hall–Kier alpha value is -2.44. The Bertz CT molecular complexity index is 791. The Labute approximate surface area is 173 Å². The van der Waals surface area contributed by atoms with Crippen molar-refractivity contribution >= 4 is 17.8 Å². The van der Waals surface area contributed by atoms with Gasteiger partial charge in [0.25, 0.3) is 0 Å². The SMILES string of the molecule is CN(c1ccnc(N2CCOCC2)n1)C1CCCN(C/C=C/c2ccccc2)C1. The highest BCUT2D eigenvalue weighted by Crippen LogP contribution is 2.22. The minimum Gasteiger partial charge on any atom is -0.378 e. The minimum atomic E-state index is 0.473. The lowest BCUT2D eigenvalue weighted by Crippen LogP contribution is -2.47. The lowest BCUT2D eigenvalue weighted by molar-refractivity contribution is 0.122. The number of rotatable bonds is 6. The van der Waals surface area contributed by atoms with Crippen molar-refractivity contribution in [1.82, 2.24) is 14.9 Å². The summed E-state index contributed by atoms with van der Waals surface area (Å²) in [4.78, 5) is 16.4. The Morgan fingerprint density at radius 3 is 2.79 bits per heavy atom. The van der Waals surface area contributed by atoms with Gasteiger partial charge in [-0.25, -0.2) is 4.98 Å². The first kappa shape index (κ1) is 19.9. The van der Waals surface area contributed by atoms with Crippen molar-refractivity contribution in [3.05, 3.63) is 54.2 Å². The van der Waals surface area contributed by atoms with Crippen LogP contribution in [0.5, 0.6) is 0 Å². The van der Waals surface area contributed by atoms with Crippen LogP contribution in [0.2, 0.25) is 0 Å². The average Bonchev–Trinajstić information content (AvgIpc) is 2.80. The van der Waals surface area contributed by atoms with Gasteiger partial charge >= 0.3 is 0 Å². The molecule has 0 aliphatic carbocycles. The van der Waals surface area contributed by atoms with Gasteiger partial charge in [-0.15, -0.1) is 0 Å². The first-order valence-electron chi connectivity index (χ1n) is 10.6. The molecule has 2 aromatic rings. The zero-order valence-electron chi connectivity index (χ0n) is 17.3. The standard InChI is InChI=1S/C23H31N5O/c1-26(22-11-12-24-23(25-22)28-15-17-29-18-16-28)21-10-6-14-27(19-21)13-5-9-20-7-3-2-4-8-20/h2-5,7-9,11-12,21H,6,10,13-19H2,1H3/b9-5+. The van der Waals surface area contributed by atoms with E-state index in [1.165, 1.54) is 18.4 Å². The third kappa shape index (κ3) is 5.34. The molecule has 0 N–H and O–H groups in total. The maximum absolute atomic E-state index is 5.45. The molecule has 0 amide bonds. The van der Waals surface area contributed by atoms with Crippen LogP contribution >= 0.6 is 0 Å². The molecule has 1 aromatic carbocycles. The molecule has 2 aliphatic heterocycles. The Morgan fingerprint density at radius 2 is 1.97 bits per heavy atom. The number of anilines is 2. The van der Waals surface area contributed by atoms with E-state index < -0.39 is 0 Å². The number of likely N-dealkylation sites (tertiary alicyclic amines) is 1. The molecule has 1 unspecified atom stereocenters. The molecule has 2 aliphatic rings. The third-order valence-electron chi connectivity index (χ3n) is 5.79. The smallest absolute Gasteiger partial charge is 0.227 e. The summed E-state index contributed by atoms with van der Waals surface area (Å²) in [5.41, 5.74) is 1.26. The summed E-state index contributed by atoms with van der Waals surface area (Å²) in [5.74, 6) is 1.82. The van der Waals surface area contributed by atoms with Gasteiger partial charge in [-0.1, -0.05) is 42.5 Å². The number of benzene rings is 1. The zero-order chi connectivity index (χ0) is 19.9. The van der Waals surface area contributed by atoms with Crippen LogP contribution in [0.1, 0.15) is 18.4 Å². The van der Waals surface area contributed by atoms with Gasteiger partial charge in [-0.3, -0.25) is 4.90 Å². The molecule has 1 atom stereocenters. The molecule has 4 rings (SSSR count). The van der Waals surface area contributed by atoms with Crippen LogP contribution in [0, 0.1) is 0 Å². The second-order valence-electron chi connectivity index (χ2n) is 7.79. The monoisotopic (exact) mass is 393 g/mol. The molecule has 0 radical (unpaired) electrons. The molecule has 0 saturated carbocycles. The number of hydrogen-bond donors (Lipinski definition) is 0. The largest absolute Gasteiger partial charge is 0.378 e. The molecule has 2 saturated heterocycles. The Kier molecular flexibility index (Phi) is 6.75. The van der Waals surface area contributed by atoms with E-state index in [9.17, 15) is 0 Å². The fourth-order valence-electron chi connectivity index (χ4n) is 4.05. The van der Waals surface area contributed by atoms with Gasteiger partial charge in [-0.05, 0) is 31.0 Å². The summed E-state index contributed by atoms with van der Waals surface area (Å²) in [5, 5.41) is 0. The van der Waals surface area contributed by atoms with Crippen molar-refractivity contribution in [2.24, 2.45) is 0 Å². The number of hydrogen-bond acceptors (Lipinski definition) is 6. The topological polar surface area (TPSA) is 44.7 Å². The van der Waals surface area contributed by atoms with Crippen LogP contribution in [0.25, 0.3) is 6.08 Å². The van der Waals surface area contributed by atoms with Gasteiger partial charge in [0.1, 0.15) is 5.82 Å². The maximum Gasteiger partial charge on any atom is 0.227 e. The number of aromatic nitrogens is 2. The van der Waals surface area contributed by atoms with Gasteiger partial charge in [0.05, 0.1) is 13.2 Å². The highest BCUT2D eigenvalue weighted by atomic mass is 16.5. The molecule has 154 valence electrons. The summed E-state index contributed by atoms with van der Waals surface area (Å²) in [6, 6.07) is 13.0. The average molecular weight is 394 g/mol. The lowest BCUT2D eigenvalue weighted by Gasteiger charge is -2.38. The molecule has 1 aromatic heterocycles. The second kappa shape index (κ2) is 9.85. The van der Waals surface area contributed by atoms with E-state index in [-0.39, 0.29) is 0 Å². The molecule has 6 nitrogen and oxygen atoms in total. The van der Waals surface area contributed by atoms with Crippen LogP contribution in [-0.4, -0.2) is 73.9 Å². The van der Waals surface area contributed by atoms with Gasteiger partial charge in [0.15, 0.2) is 0 Å². The Balaban J connectivity index is 1.36. The van der Waals surface area contributed by atoms with Crippen molar-refractivity contribution in [1.29, 1.82) is 0 Å². The van der Waals surface area contributed by atoms with E-state index >= 15 is 0 Å². The zero-order valence-corrected chi connectivity index (χ0v) is 17.3. The molecule has 3 heterocycles. The van der Waals surface area contributed by atoms with Crippen molar-refractivity contribution in [3.63, 3.8) is 0 Å². The number of nitrogens with zero attached hydrogens (tertiary/aromatic N) is 5. The quantitative estimate of drug-likeness (QED) is 0.752. The van der Waals surface area contributed by atoms with E-state index in [1.54, 1.807) is 0 Å². The van der Waals surface area contributed by atoms with E-state index in [1.807, 2.05) is 12.3 Å². The number of ether oxygens (including phenoxy) is 1. The predicted octanol–water partition coefficient (Wildman–Crippen LogP) is 2.93. The van der Waals surface area contributed by atoms with Crippen LogP contribution in [0.4, 0.5) is 11.8 Å². The maximum atomic E-state index is 5.45. The molecule has 6 heteroatoms. The second-order valence-corrected chi connectivity index (χ2v) is 7.79. The Morgan fingerprint density at radius 1 is 1.14 bits per heavy atom. The first-order valence-corrected chi connectivity index (χ1v) is 10.6. The summed E-state index contributed by atoms with van der Waals surface area (Å²) >= 11 is 0. The summed E-state index contributed by atoms with van der Waals surface area (Å²) in [7, 11) is 2.17. The van der Waals surface area contributed by atoms with Crippen LogP contribution in [-0.2, 0) is 4.74 Å². The highest BCUT2D eigenvalue weighted by Gasteiger charge is 2.24.